The quantitative estimate of drug-likeness (QED) is 0.525. The Labute approximate surface area is 155 Å². The van der Waals surface area contributed by atoms with Crippen molar-refractivity contribution >= 4 is 46.0 Å². The van der Waals surface area contributed by atoms with Crippen molar-refractivity contribution in [2.75, 3.05) is 24.4 Å². The maximum absolute atomic E-state index is 12.2. The van der Waals surface area contributed by atoms with Gasteiger partial charge < -0.3 is 20.5 Å². The van der Waals surface area contributed by atoms with Gasteiger partial charge in [-0.25, -0.2) is 4.79 Å². The fourth-order valence-corrected chi connectivity index (χ4v) is 2.90. The molecule has 1 unspecified atom stereocenters. The second-order valence-corrected chi connectivity index (χ2v) is 6.45. The molecular weight excluding hydrogens is 356 g/mol. The fourth-order valence-electron chi connectivity index (χ4n) is 2.43. The molecule has 0 spiro atoms. The van der Waals surface area contributed by atoms with Crippen molar-refractivity contribution in [2.24, 2.45) is 0 Å². The first kappa shape index (κ1) is 19.6. The van der Waals surface area contributed by atoms with Crippen LogP contribution in [-0.2, 0) is 19.1 Å². The number of aromatic hydroxyl groups is 1. The van der Waals surface area contributed by atoms with Crippen LogP contribution in [0.2, 0.25) is 0 Å². The lowest BCUT2D eigenvalue weighted by molar-refractivity contribution is -0.146. The average molecular weight is 376 g/mol. The Hall–Kier alpha value is -2.74. The molecule has 3 N–H and O–H groups in total. The molecule has 0 aromatic heterocycles. The highest BCUT2D eigenvalue weighted by Crippen LogP contribution is 2.29. The number of ether oxygens (including phenoxy) is 1. The van der Waals surface area contributed by atoms with Crippen molar-refractivity contribution in [3.63, 3.8) is 0 Å². The topological polar surface area (TPSA) is 105 Å². The zero-order valence-corrected chi connectivity index (χ0v) is 15.3. The number of anilines is 1. The molecule has 0 saturated carbocycles. The zero-order chi connectivity index (χ0) is 19.1. The zero-order valence-electron chi connectivity index (χ0n) is 14.4. The van der Waals surface area contributed by atoms with Gasteiger partial charge in [0.1, 0.15) is 11.8 Å². The number of carbonyl (C=O) groups is 3. The molecule has 2 rings (SSSR count). The molecule has 8 heteroatoms. The maximum atomic E-state index is 12.2. The van der Waals surface area contributed by atoms with E-state index in [1.807, 2.05) is 6.26 Å². The van der Waals surface area contributed by atoms with Crippen LogP contribution in [0.5, 0.6) is 5.75 Å². The molecule has 0 aliphatic carbocycles. The van der Waals surface area contributed by atoms with Crippen LogP contribution in [0.4, 0.5) is 5.69 Å². The molecular formula is C18H20N2O5S. The molecule has 0 bridgehead atoms. The molecule has 0 aliphatic heterocycles. The summed E-state index contributed by atoms with van der Waals surface area (Å²) in [6.07, 6.45) is 2.23. The van der Waals surface area contributed by atoms with Gasteiger partial charge in [-0.15, -0.1) is 0 Å². The van der Waals surface area contributed by atoms with Gasteiger partial charge in [-0.2, -0.15) is 11.8 Å². The van der Waals surface area contributed by atoms with E-state index in [0.717, 1.165) is 0 Å². The van der Waals surface area contributed by atoms with E-state index in [1.165, 1.54) is 24.9 Å². The van der Waals surface area contributed by atoms with Crippen LogP contribution in [0, 0.1) is 0 Å². The van der Waals surface area contributed by atoms with Gasteiger partial charge in [-0.05, 0) is 30.6 Å². The lowest BCUT2D eigenvalue weighted by atomic mass is 10.1. The smallest absolute Gasteiger partial charge is 0.328 e. The molecule has 0 saturated heterocycles. The van der Waals surface area contributed by atoms with Crippen molar-refractivity contribution in [1.82, 2.24) is 5.32 Å². The number of rotatable bonds is 6. The number of hydrogen-bond acceptors (Lipinski definition) is 6. The first-order chi connectivity index (χ1) is 12.5. The first-order valence-corrected chi connectivity index (χ1v) is 9.26. The van der Waals surface area contributed by atoms with Crippen molar-refractivity contribution in [2.45, 2.75) is 12.5 Å². The Morgan fingerprint density at radius 3 is 2.50 bits per heavy atom. The summed E-state index contributed by atoms with van der Waals surface area (Å²) in [7, 11) is 1.23. The molecule has 7 nitrogen and oxygen atoms in total. The van der Waals surface area contributed by atoms with Crippen molar-refractivity contribution < 1.29 is 24.2 Å². The van der Waals surface area contributed by atoms with Crippen LogP contribution in [-0.4, -0.2) is 48.1 Å². The van der Waals surface area contributed by atoms with Gasteiger partial charge in [0.05, 0.1) is 7.11 Å². The van der Waals surface area contributed by atoms with Crippen LogP contribution in [0.1, 0.15) is 6.42 Å². The van der Waals surface area contributed by atoms with Crippen LogP contribution < -0.4 is 10.6 Å². The Morgan fingerprint density at radius 2 is 1.81 bits per heavy atom. The predicted octanol–water partition coefficient (Wildman–Crippen LogP) is 1.89. The minimum absolute atomic E-state index is 0.0749. The lowest BCUT2D eigenvalue weighted by Crippen LogP contribution is -2.46. The third kappa shape index (κ3) is 4.66. The van der Waals surface area contributed by atoms with Crippen molar-refractivity contribution in [3.05, 3.63) is 36.4 Å². The van der Waals surface area contributed by atoms with E-state index in [0.29, 0.717) is 28.6 Å². The normalized spacial score (nSPS) is 11.6. The van der Waals surface area contributed by atoms with Gasteiger partial charge in [0.15, 0.2) is 0 Å². The molecule has 0 fully saturated rings. The summed E-state index contributed by atoms with van der Waals surface area (Å²) >= 11 is 1.52. The number of fused-ring (bicyclic) bond motifs is 1. The standard InChI is InChI=1S/C18H20N2O5S/c1-25-18(24)14(9-10-26-2)20-17(23)16(22)19-13-7-3-6-12-11(13)5-4-8-15(12)21/h3-8,14,21H,9-10H2,1-2H3,(H,19,22)(H,20,23). The molecule has 26 heavy (non-hydrogen) atoms. The molecule has 2 aromatic rings. The second-order valence-electron chi connectivity index (χ2n) is 5.46. The van der Waals surface area contributed by atoms with E-state index < -0.39 is 23.8 Å². The number of thioether (sulfide) groups is 1. The predicted molar refractivity (Wildman–Crippen MR) is 101 cm³/mol. The number of esters is 1. The minimum atomic E-state index is -0.932. The number of phenolic OH excluding ortho intramolecular Hbond substituents is 1. The van der Waals surface area contributed by atoms with Crippen LogP contribution in [0.25, 0.3) is 10.8 Å². The summed E-state index contributed by atoms with van der Waals surface area (Å²) in [6, 6.07) is 9.00. The minimum Gasteiger partial charge on any atom is -0.507 e. The number of benzene rings is 2. The third-order valence-electron chi connectivity index (χ3n) is 3.76. The molecule has 0 heterocycles. The summed E-state index contributed by atoms with van der Waals surface area (Å²) in [6.45, 7) is 0. The van der Waals surface area contributed by atoms with Crippen LogP contribution in [0.3, 0.4) is 0 Å². The summed E-state index contributed by atoms with van der Waals surface area (Å²) in [5.74, 6) is -1.73. The summed E-state index contributed by atoms with van der Waals surface area (Å²) in [4.78, 5) is 36.1. The van der Waals surface area contributed by atoms with Crippen molar-refractivity contribution in [1.29, 1.82) is 0 Å². The lowest BCUT2D eigenvalue weighted by Gasteiger charge is -2.16. The van der Waals surface area contributed by atoms with E-state index in [-0.39, 0.29) is 5.75 Å². The molecule has 1 atom stereocenters. The number of hydrogen-bond donors (Lipinski definition) is 3. The summed E-state index contributed by atoms with van der Waals surface area (Å²) < 4.78 is 4.66. The largest absolute Gasteiger partial charge is 0.507 e. The molecule has 138 valence electrons. The summed E-state index contributed by atoms with van der Waals surface area (Å²) in [5, 5.41) is 15.9. The highest BCUT2D eigenvalue weighted by molar-refractivity contribution is 7.98. The second kappa shape index (κ2) is 9.10. The van der Waals surface area contributed by atoms with E-state index >= 15 is 0 Å². The Balaban J connectivity index is 2.13. The number of phenols is 1. The van der Waals surface area contributed by atoms with Gasteiger partial charge in [-0.1, -0.05) is 24.3 Å². The van der Waals surface area contributed by atoms with Gasteiger partial charge in [0.2, 0.25) is 0 Å². The number of nitrogens with one attached hydrogen (secondary N) is 2. The monoisotopic (exact) mass is 376 g/mol. The Bertz CT molecular complexity index is 824. The average Bonchev–Trinajstić information content (AvgIpc) is 2.65. The number of amides is 2. The van der Waals surface area contributed by atoms with Gasteiger partial charge in [0.25, 0.3) is 0 Å². The van der Waals surface area contributed by atoms with Gasteiger partial charge in [-0.3, -0.25) is 9.59 Å². The van der Waals surface area contributed by atoms with Crippen LogP contribution in [0.15, 0.2) is 36.4 Å². The fraction of sp³-hybridized carbons (Fsp3) is 0.278. The number of carbonyl (C=O) groups excluding carboxylic acids is 3. The molecule has 2 amide bonds. The van der Waals surface area contributed by atoms with Crippen molar-refractivity contribution in [3.8, 4) is 5.75 Å². The highest BCUT2D eigenvalue weighted by Gasteiger charge is 2.24. The molecule has 2 aromatic carbocycles. The molecule has 0 aliphatic rings. The first-order valence-electron chi connectivity index (χ1n) is 7.87. The van der Waals surface area contributed by atoms with Gasteiger partial charge in [0, 0.05) is 16.5 Å². The van der Waals surface area contributed by atoms with E-state index in [4.69, 9.17) is 0 Å². The summed E-state index contributed by atoms with van der Waals surface area (Å²) in [5.41, 5.74) is 0.386. The number of methoxy groups -OCH3 is 1. The SMILES string of the molecule is COC(=O)C(CCSC)NC(=O)C(=O)Nc1cccc2c(O)cccc12. The van der Waals surface area contributed by atoms with E-state index in [1.54, 1.807) is 30.3 Å². The highest BCUT2D eigenvalue weighted by atomic mass is 32.2. The van der Waals surface area contributed by atoms with Crippen LogP contribution >= 0.6 is 11.8 Å². The Morgan fingerprint density at radius 1 is 1.12 bits per heavy atom. The van der Waals surface area contributed by atoms with E-state index in [9.17, 15) is 19.5 Å². The van der Waals surface area contributed by atoms with Gasteiger partial charge >= 0.3 is 17.8 Å². The molecule has 0 radical (unpaired) electrons. The Kier molecular flexibility index (Phi) is 6.85. The third-order valence-corrected chi connectivity index (χ3v) is 4.40. The van der Waals surface area contributed by atoms with E-state index in [2.05, 4.69) is 15.4 Å². The maximum Gasteiger partial charge on any atom is 0.328 e.